The number of methoxy groups -OCH3 is 1. The summed E-state index contributed by atoms with van der Waals surface area (Å²) in [5.41, 5.74) is 0. The van der Waals surface area contributed by atoms with Crippen molar-refractivity contribution in [2.45, 2.75) is 13.8 Å². The lowest BCUT2D eigenvalue weighted by molar-refractivity contribution is 0.415. The molecule has 0 bridgehead atoms. The molecule has 0 aliphatic heterocycles. The summed E-state index contributed by atoms with van der Waals surface area (Å²) in [5, 5.41) is 0. The van der Waals surface area contributed by atoms with Gasteiger partial charge in [-0.05, 0) is 18.4 Å². The lowest BCUT2D eigenvalue weighted by Gasteiger charge is -1.93. The van der Waals surface area contributed by atoms with Crippen molar-refractivity contribution in [3.8, 4) is 5.75 Å². The summed E-state index contributed by atoms with van der Waals surface area (Å²) in [6.45, 7) is 4.00. The fourth-order valence-electron chi connectivity index (χ4n) is 0.557. The van der Waals surface area contributed by atoms with Gasteiger partial charge in [-0.2, -0.15) is 12.6 Å². The van der Waals surface area contributed by atoms with Gasteiger partial charge in [0.25, 0.3) is 0 Å². The van der Waals surface area contributed by atoms with Gasteiger partial charge in [0.2, 0.25) is 0 Å². The summed E-state index contributed by atoms with van der Waals surface area (Å²) in [6.07, 6.45) is 1.69. The van der Waals surface area contributed by atoms with E-state index in [-0.39, 0.29) is 0 Å². The van der Waals surface area contributed by atoms with Crippen molar-refractivity contribution in [1.82, 2.24) is 0 Å². The molecule has 0 spiro atoms. The van der Waals surface area contributed by atoms with Gasteiger partial charge in [-0.15, -0.1) is 0 Å². The predicted octanol–water partition coefficient (Wildman–Crippen LogP) is 3.27. The Balaban J connectivity index is 0. The van der Waals surface area contributed by atoms with Gasteiger partial charge in [-0.3, -0.25) is 0 Å². The molecule has 0 aromatic heterocycles. The van der Waals surface area contributed by atoms with Crippen LogP contribution in [-0.4, -0.2) is 13.4 Å². The molecule has 0 unspecified atom stereocenters. The second-order valence-corrected chi connectivity index (χ2v) is 1.52. The third-order valence-electron chi connectivity index (χ3n) is 0.979. The third kappa shape index (κ3) is 7.48. The van der Waals surface area contributed by atoms with Crippen LogP contribution < -0.4 is 4.74 Å². The molecule has 0 atom stereocenters. The van der Waals surface area contributed by atoms with Crippen LogP contribution in [0.2, 0.25) is 0 Å². The maximum Gasteiger partial charge on any atom is 0.118 e. The van der Waals surface area contributed by atoms with Crippen LogP contribution in [0.1, 0.15) is 13.8 Å². The van der Waals surface area contributed by atoms with Gasteiger partial charge in [-0.1, -0.05) is 32.0 Å². The molecule has 1 aromatic rings. The average molecular weight is 186 g/mol. The molecule has 0 aliphatic rings. The van der Waals surface area contributed by atoms with Gasteiger partial charge < -0.3 is 4.74 Å². The molecular weight excluding hydrogens is 168 g/mol. The minimum atomic E-state index is 0.910. The van der Waals surface area contributed by atoms with Gasteiger partial charge >= 0.3 is 0 Å². The Morgan fingerprint density at radius 2 is 1.42 bits per heavy atom. The van der Waals surface area contributed by atoms with Crippen LogP contribution >= 0.6 is 12.6 Å². The Bertz CT molecular complexity index is 151. The fraction of sp³-hybridized carbons (Fsp3) is 0.400. The molecule has 1 rings (SSSR count). The number of ether oxygens (including phenoxy) is 1. The normalized spacial score (nSPS) is 6.75. The number of hydrogen-bond donors (Lipinski definition) is 1. The van der Waals surface area contributed by atoms with Crippen molar-refractivity contribution < 1.29 is 4.74 Å². The predicted molar refractivity (Wildman–Crippen MR) is 59.3 cm³/mol. The molecule has 0 saturated heterocycles. The lowest BCUT2D eigenvalue weighted by atomic mass is 10.3. The highest BCUT2D eigenvalue weighted by Crippen LogP contribution is 2.05. The summed E-state index contributed by atoms with van der Waals surface area (Å²) in [5.74, 6) is 0.910. The molecule has 1 nitrogen and oxygen atoms in total. The largest absolute Gasteiger partial charge is 0.497 e. The zero-order chi connectivity index (χ0) is 9.82. The number of benzene rings is 1. The minimum absolute atomic E-state index is 0.910. The molecular formula is C10H18OS. The quantitative estimate of drug-likeness (QED) is 0.662. The zero-order valence-corrected chi connectivity index (χ0v) is 9.14. The standard InChI is InChI=1S/C7H8O.C2H6.CH4S/c1-8-7-5-3-2-4-6-7;2*1-2/h2-6H,1H3;1-2H3;2H,1H3. The van der Waals surface area contributed by atoms with Gasteiger partial charge in [-0.25, -0.2) is 0 Å². The van der Waals surface area contributed by atoms with Crippen molar-refractivity contribution in [3.63, 3.8) is 0 Å². The van der Waals surface area contributed by atoms with Crippen molar-refractivity contribution in [1.29, 1.82) is 0 Å². The second kappa shape index (κ2) is 13.0. The Hall–Kier alpha value is -0.630. The van der Waals surface area contributed by atoms with Crippen molar-refractivity contribution >= 4 is 12.6 Å². The van der Waals surface area contributed by atoms with Crippen LogP contribution in [0, 0.1) is 0 Å². The van der Waals surface area contributed by atoms with Crippen LogP contribution in [0.15, 0.2) is 30.3 Å². The maximum atomic E-state index is 4.91. The van der Waals surface area contributed by atoms with Gasteiger partial charge in [0.1, 0.15) is 5.75 Å². The molecule has 0 N–H and O–H groups in total. The van der Waals surface area contributed by atoms with Crippen LogP contribution in [0.5, 0.6) is 5.75 Å². The van der Waals surface area contributed by atoms with E-state index in [2.05, 4.69) is 12.6 Å². The van der Waals surface area contributed by atoms with E-state index in [0.29, 0.717) is 0 Å². The van der Waals surface area contributed by atoms with Crippen LogP contribution in [0.4, 0.5) is 0 Å². The zero-order valence-electron chi connectivity index (χ0n) is 8.24. The molecule has 0 amide bonds. The molecule has 70 valence electrons. The van der Waals surface area contributed by atoms with E-state index in [1.165, 1.54) is 0 Å². The Kier molecular flexibility index (Phi) is 15.1. The van der Waals surface area contributed by atoms with E-state index in [1.807, 2.05) is 44.2 Å². The van der Waals surface area contributed by atoms with E-state index < -0.39 is 0 Å². The maximum absolute atomic E-state index is 4.91. The first kappa shape index (κ1) is 13.9. The van der Waals surface area contributed by atoms with Gasteiger partial charge in [0.05, 0.1) is 7.11 Å². The summed E-state index contributed by atoms with van der Waals surface area (Å²) < 4.78 is 4.91. The van der Waals surface area contributed by atoms with Crippen molar-refractivity contribution in [3.05, 3.63) is 30.3 Å². The molecule has 0 heterocycles. The number of hydrogen-bond acceptors (Lipinski definition) is 2. The van der Waals surface area contributed by atoms with Gasteiger partial charge in [0, 0.05) is 0 Å². The molecule has 1 aromatic carbocycles. The second-order valence-electron chi connectivity index (χ2n) is 1.52. The molecule has 0 saturated carbocycles. The van der Waals surface area contributed by atoms with E-state index in [4.69, 9.17) is 4.74 Å². The Morgan fingerprint density at radius 3 is 1.67 bits per heavy atom. The average Bonchev–Trinajstić information content (AvgIpc) is 2.25. The van der Waals surface area contributed by atoms with E-state index in [0.717, 1.165) is 5.75 Å². The number of para-hydroxylation sites is 1. The molecule has 0 aliphatic carbocycles. The molecule has 12 heavy (non-hydrogen) atoms. The van der Waals surface area contributed by atoms with Crippen LogP contribution in [0.3, 0.4) is 0 Å². The Labute approximate surface area is 81.2 Å². The first-order valence-electron chi connectivity index (χ1n) is 3.97. The van der Waals surface area contributed by atoms with Crippen LogP contribution in [0.25, 0.3) is 0 Å². The molecule has 2 heteroatoms. The van der Waals surface area contributed by atoms with Crippen molar-refractivity contribution in [2.24, 2.45) is 0 Å². The summed E-state index contributed by atoms with van der Waals surface area (Å²) in [7, 11) is 1.66. The summed E-state index contributed by atoms with van der Waals surface area (Å²) in [6, 6.07) is 9.68. The van der Waals surface area contributed by atoms with Crippen molar-refractivity contribution in [2.75, 3.05) is 13.4 Å². The SMILES string of the molecule is CC.COc1ccccc1.CS. The topological polar surface area (TPSA) is 9.23 Å². The number of rotatable bonds is 1. The lowest BCUT2D eigenvalue weighted by Crippen LogP contribution is -1.78. The highest BCUT2D eigenvalue weighted by Gasteiger charge is 1.80. The first-order chi connectivity index (χ1) is 5.93. The highest BCUT2D eigenvalue weighted by atomic mass is 32.1. The smallest absolute Gasteiger partial charge is 0.118 e. The van der Waals surface area contributed by atoms with E-state index in [1.54, 1.807) is 13.4 Å². The van der Waals surface area contributed by atoms with Gasteiger partial charge in [0.15, 0.2) is 0 Å². The number of thiol groups is 1. The van der Waals surface area contributed by atoms with E-state index in [9.17, 15) is 0 Å². The first-order valence-corrected chi connectivity index (χ1v) is 4.86. The monoisotopic (exact) mass is 186 g/mol. The summed E-state index contributed by atoms with van der Waals surface area (Å²) in [4.78, 5) is 0. The van der Waals surface area contributed by atoms with Crippen LogP contribution in [-0.2, 0) is 0 Å². The Morgan fingerprint density at radius 1 is 1.00 bits per heavy atom. The summed E-state index contributed by atoms with van der Waals surface area (Å²) >= 11 is 3.53. The molecule has 0 radical (unpaired) electrons. The fourth-order valence-corrected chi connectivity index (χ4v) is 0.557. The highest BCUT2D eigenvalue weighted by molar-refractivity contribution is 7.79. The third-order valence-corrected chi connectivity index (χ3v) is 0.979. The minimum Gasteiger partial charge on any atom is -0.497 e. The molecule has 0 fully saturated rings. The van der Waals surface area contributed by atoms with E-state index >= 15 is 0 Å².